The summed E-state index contributed by atoms with van der Waals surface area (Å²) in [5.41, 5.74) is 2.16. The molecule has 5 nitrogen and oxygen atoms in total. The van der Waals surface area contributed by atoms with Crippen LogP contribution < -0.4 is 46.1 Å². The number of nitrogens with one attached hydrogen (secondary N) is 2. The molecule has 0 bridgehead atoms. The zero-order valence-electron chi connectivity index (χ0n) is 6.12. The molecule has 0 fully saturated rings. The molecule has 0 saturated carbocycles. The zero-order chi connectivity index (χ0) is 7.98. The van der Waals surface area contributed by atoms with Gasteiger partial charge in [-0.25, -0.2) is 5.84 Å². The van der Waals surface area contributed by atoms with Crippen LogP contribution in [0.1, 0.15) is 0 Å². The van der Waals surface area contributed by atoms with E-state index in [4.69, 9.17) is 5.84 Å². The van der Waals surface area contributed by atoms with E-state index in [1.54, 1.807) is 0 Å². The number of thiocarbonyl (C=S) groups is 1. The smallest absolute Gasteiger partial charge is 0.424 e. The number of hydrogen-bond donors (Lipinski definition) is 3. The molecule has 0 spiro atoms. The summed E-state index contributed by atoms with van der Waals surface area (Å²) < 4.78 is 19.9. The number of rotatable bonds is 3. The van der Waals surface area contributed by atoms with Crippen LogP contribution in [-0.4, -0.2) is 17.4 Å². The second-order valence-corrected chi connectivity index (χ2v) is 2.83. The first-order valence-electron chi connectivity index (χ1n) is 2.47. The molecule has 0 rings (SSSR count). The molecule has 0 aliphatic rings. The van der Waals surface area contributed by atoms with Crippen molar-refractivity contribution in [1.29, 1.82) is 0 Å². The standard InChI is InChI=1S/C3H8N3O2S2.Na/c4-6-3(9)5-1-2-10(7)8;/h1-2,4H2,(H2,5,6,9);/q-1;+1. The van der Waals surface area contributed by atoms with Gasteiger partial charge in [-0.15, -0.1) is 0 Å². The van der Waals surface area contributed by atoms with Crippen molar-refractivity contribution < 1.29 is 38.0 Å². The minimum Gasteiger partial charge on any atom is -0.424 e. The van der Waals surface area contributed by atoms with Crippen LogP contribution in [0.25, 0.3) is 0 Å². The first-order chi connectivity index (χ1) is 4.66. The average molecular weight is 205 g/mol. The van der Waals surface area contributed by atoms with Gasteiger partial charge >= 0.3 is 29.6 Å². The van der Waals surface area contributed by atoms with E-state index in [0.717, 1.165) is 0 Å². The Bertz CT molecular complexity index is 175. The average Bonchev–Trinajstić information content (AvgIpc) is 1.87. The van der Waals surface area contributed by atoms with E-state index in [1.807, 2.05) is 0 Å². The van der Waals surface area contributed by atoms with Gasteiger partial charge < -0.3 is 19.2 Å². The Morgan fingerprint density at radius 3 is 2.45 bits per heavy atom. The Morgan fingerprint density at radius 2 is 2.09 bits per heavy atom. The maximum Gasteiger partial charge on any atom is 1.00 e. The molecule has 0 amide bonds. The summed E-state index contributed by atoms with van der Waals surface area (Å²) >= 11 is 4.56. The normalized spacial score (nSPS) is 8.55. The third kappa shape index (κ3) is 10.6. The predicted octanol–water partition coefficient (Wildman–Crippen LogP) is -4.36. The number of hydrogen-bond acceptors (Lipinski definition) is 5. The first-order valence-corrected chi connectivity index (χ1v) is 4.12. The molecule has 11 heavy (non-hydrogen) atoms. The van der Waals surface area contributed by atoms with Crippen molar-refractivity contribution in [3.8, 4) is 0 Å². The third-order valence-electron chi connectivity index (χ3n) is 0.685. The fraction of sp³-hybridized carbons (Fsp3) is 0.667. The molecule has 0 aromatic rings. The largest absolute Gasteiger partial charge is 1.00 e. The third-order valence-corrected chi connectivity index (χ3v) is 1.49. The Morgan fingerprint density at radius 1 is 1.55 bits per heavy atom. The second kappa shape index (κ2) is 8.69. The minimum absolute atomic E-state index is 0. The molecule has 0 radical (unpaired) electrons. The molecule has 0 unspecified atom stereocenters. The van der Waals surface area contributed by atoms with Gasteiger partial charge in [-0.1, -0.05) is 16.5 Å². The molecule has 60 valence electrons. The summed E-state index contributed by atoms with van der Waals surface area (Å²) in [5.74, 6) is 4.91. The van der Waals surface area contributed by atoms with Gasteiger partial charge in [-0.2, -0.15) is 0 Å². The van der Waals surface area contributed by atoms with Crippen LogP contribution in [-0.2, 0) is 19.1 Å². The van der Waals surface area contributed by atoms with Gasteiger partial charge in [0.2, 0.25) is 0 Å². The topological polar surface area (TPSA) is 84.2 Å². The van der Waals surface area contributed by atoms with Gasteiger partial charge in [-0.3, -0.25) is 0 Å². The van der Waals surface area contributed by atoms with E-state index in [2.05, 4.69) is 23.0 Å². The molecule has 0 heterocycles. The van der Waals surface area contributed by atoms with Crippen molar-refractivity contribution in [1.82, 2.24) is 10.7 Å². The van der Waals surface area contributed by atoms with Crippen LogP contribution in [0.2, 0.25) is 0 Å². The van der Waals surface area contributed by atoms with E-state index in [9.17, 15) is 8.42 Å². The maximum atomic E-state index is 9.93. The molecular formula is C3H8N3NaO2S2. The molecular weight excluding hydrogens is 197 g/mol. The van der Waals surface area contributed by atoms with Crippen LogP contribution in [0.5, 0.6) is 0 Å². The molecule has 4 N–H and O–H groups in total. The van der Waals surface area contributed by atoms with Crippen molar-refractivity contribution in [2.45, 2.75) is 0 Å². The minimum atomic E-state index is -2.02. The van der Waals surface area contributed by atoms with Crippen LogP contribution in [0.15, 0.2) is 0 Å². The first kappa shape index (κ1) is 14.1. The Balaban J connectivity index is 0. The van der Waals surface area contributed by atoms with Crippen molar-refractivity contribution in [2.75, 3.05) is 12.3 Å². The van der Waals surface area contributed by atoms with Gasteiger partial charge in [0, 0.05) is 6.54 Å². The fourth-order valence-corrected chi connectivity index (χ4v) is 0.670. The SMILES string of the molecule is NNC(=S)NCC[S-](=O)=O.[Na+]. The number of hydrazine groups is 1. The van der Waals surface area contributed by atoms with E-state index < -0.39 is 10.7 Å². The van der Waals surface area contributed by atoms with Crippen molar-refractivity contribution in [2.24, 2.45) is 5.84 Å². The van der Waals surface area contributed by atoms with Crippen molar-refractivity contribution in [3.63, 3.8) is 0 Å². The van der Waals surface area contributed by atoms with Crippen molar-refractivity contribution in [3.05, 3.63) is 0 Å². The Hall–Kier alpha value is 0.600. The number of nitrogens with two attached hydrogens (primary N) is 1. The Kier molecular flexibility index (Phi) is 11.2. The van der Waals surface area contributed by atoms with E-state index in [-0.39, 0.29) is 47.0 Å². The summed E-state index contributed by atoms with van der Waals surface area (Å²) in [6.45, 7) is 0.277. The van der Waals surface area contributed by atoms with Crippen LogP contribution in [0.4, 0.5) is 0 Å². The van der Waals surface area contributed by atoms with Crippen LogP contribution in [0.3, 0.4) is 0 Å². The van der Waals surface area contributed by atoms with Gasteiger partial charge in [0.05, 0.1) is 0 Å². The zero-order valence-corrected chi connectivity index (χ0v) is 9.76. The fourth-order valence-electron chi connectivity index (χ4n) is 0.299. The quantitative estimate of drug-likeness (QED) is 0.142. The molecule has 0 atom stereocenters. The predicted molar refractivity (Wildman–Crippen MR) is 41.5 cm³/mol. The van der Waals surface area contributed by atoms with Gasteiger partial charge in [-0.05, 0) is 12.2 Å². The summed E-state index contributed by atoms with van der Waals surface area (Å²) in [5, 5.41) is 2.81. The second-order valence-electron chi connectivity index (χ2n) is 1.41. The molecule has 0 saturated heterocycles. The van der Waals surface area contributed by atoms with Crippen molar-refractivity contribution >= 4 is 28.0 Å². The van der Waals surface area contributed by atoms with Crippen LogP contribution in [0, 0.1) is 0 Å². The van der Waals surface area contributed by atoms with Gasteiger partial charge in [0.25, 0.3) is 0 Å². The molecule has 0 aliphatic heterocycles. The summed E-state index contributed by atoms with van der Waals surface area (Å²) in [6, 6.07) is 0. The van der Waals surface area contributed by atoms with E-state index >= 15 is 0 Å². The van der Waals surface area contributed by atoms with Gasteiger partial charge in [0.1, 0.15) is 0 Å². The molecule has 0 aromatic heterocycles. The molecule has 0 aromatic carbocycles. The van der Waals surface area contributed by atoms with E-state index in [1.165, 1.54) is 0 Å². The summed E-state index contributed by atoms with van der Waals surface area (Å²) in [7, 11) is -2.02. The summed E-state index contributed by atoms with van der Waals surface area (Å²) in [4.78, 5) is 0. The monoisotopic (exact) mass is 205 g/mol. The molecule has 8 heteroatoms. The van der Waals surface area contributed by atoms with E-state index in [0.29, 0.717) is 0 Å². The van der Waals surface area contributed by atoms with Crippen LogP contribution >= 0.6 is 12.2 Å². The maximum absolute atomic E-state index is 9.93. The Labute approximate surface area is 94.3 Å². The summed E-state index contributed by atoms with van der Waals surface area (Å²) in [6.07, 6.45) is 0. The molecule has 0 aliphatic carbocycles. The van der Waals surface area contributed by atoms with Gasteiger partial charge in [0.15, 0.2) is 5.11 Å².